The zero-order chi connectivity index (χ0) is 15.7. The van der Waals surface area contributed by atoms with E-state index in [0.29, 0.717) is 6.42 Å². The van der Waals surface area contributed by atoms with Crippen LogP contribution >= 0.6 is 0 Å². The van der Waals surface area contributed by atoms with Crippen molar-refractivity contribution in [3.63, 3.8) is 0 Å². The first-order valence-corrected chi connectivity index (χ1v) is 8.31. The molecular weight excluding hydrogens is 266 g/mol. The average Bonchev–Trinajstić information content (AvgIpc) is 2.40. The van der Waals surface area contributed by atoms with E-state index >= 15 is 0 Å². The Morgan fingerprint density at radius 3 is 2.24 bits per heavy atom. The molecular formula is C17H29NO3. The number of aliphatic carboxylic acids is 1. The van der Waals surface area contributed by atoms with Crippen molar-refractivity contribution in [1.82, 2.24) is 5.32 Å². The van der Waals surface area contributed by atoms with Crippen LogP contribution in [0.1, 0.15) is 72.1 Å². The summed E-state index contributed by atoms with van der Waals surface area (Å²) < 4.78 is 0. The highest BCUT2D eigenvalue weighted by Gasteiger charge is 2.45. The summed E-state index contributed by atoms with van der Waals surface area (Å²) in [6.07, 6.45) is 7.66. The third-order valence-electron chi connectivity index (χ3n) is 5.84. The monoisotopic (exact) mass is 295 g/mol. The lowest BCUT2D eigenvalue weighted by molar-refractivity contribution is -0.152. The van der Waals surface area contributed by atoms with Crippen LogP contribution in [0.4, 0.5) is 0 Å². The van der Waals surface area contributed by atoms with Gasteiger partial charge in [0.2, 0.25) is 5.91 Å². The number of carboxylic acid groups (broad SMARTS) is 1. The largest absolute Gasteiger partial charge is 0.481 e. The lowest BCUT2D eigenvalue weighted by atomic mass is 9.67. The summed E-state index contributed by atoms with van der Waals surface area (Å²) in [5.41, 5.74) is -0.788. The summed E-state index contributed by atoms with van der Waals surface area (Å²) in [4.78, 5) is 24.3. The highest BCUT2D eigenvalue weighted by atomic mass is 16.4. The van der Waals surface area contributed by atoms with E-state index in [9.17, 15) is 14.7 Å². The van der Waals surface area contributed by atoms with Gasteiger partial charge in [-0.3, -0.25) is 9.59 Å². The molecule has 0 bridgehead atoms. The number of nitrogens with one attached hydrogen (secondary N) is 1. The van der Waals surface area contributed by atoms with E-state index in [2.05, 4.69) is 19.2 Å². The Morgan fingerprint density at radius 1 is 1.00 bits per heavy atom. The molecule has 3 atom stereocenters. The molecule has 0 aromatic heterocycles. The Hall–Kier alpha value is -1.06. The van der Waals surface area contributed by atoms with Crippen LogP contribution in [0.15, 0.2) is 0 Å². The topological polar surface area (TPSA) is 66.4 Å². The van der Waals surface area contributed by atoms with Gasteiger partial charge < -0.3 is 10.4 Å². The van der Waals surface area contributed by atoms with E-state index in [1.165, 1.54) is 6.42 Å². The first kappa shape index (κ1) is 16.3. The predicted octanol–water partition coefficient (Wildman–Crippen LogP) is 3.35. The van der Waals surface area contributed by atoms with Gasteiger partial charge in [0, 0.05) is 12.0 Å². The van der Waals surface area contributed by atoms with Crippen LogP contribution in [0.2, 0.25) is 0 Å². The molecule has 1 amide bonds. The summed E-state index contributed by atoms with van der Waals surface area (Å²) in [7, 11) is 0. The molecule has 2 N–H and O–H groups in total. The van der Waals surface area contributed by atoms with E-state index in [0.717, 1.165) is 38.5 Å². The van der Waals surface area contributed by atoms with Crippen LogP contribution in [0.5, 0.6) is 0 Å². The Labute approximate surface area is 127 Å². The minimum atomic E-state index is -0.813. The number of carboxylic acids is 1. The Kier molecular flexibility index (Phi) is 4.64. The minimum absolute atomic E-state index is 0.0196. The molecule has 0 spiro atoms. The van der Waals surface area contributed by atoms with Crippen LogP contribution in [0.25, 0.3) is 0 Å². The Bertz CT molecular complexity index is 418. The first-order valence-electron chi connectivity index (χ1n) is 8.31. The van der Waals surface area contributed by atoms with Gasteiger partial charge in [-0.05, 0) is 38.0 Å². The number of carbonyl (C=O) groups excluding carboxylic acids is 1. The van der Waals surface area contributed by atoms with Gasteiger partial charge >= 0.3 is 5.97 Å². The lowest BCUT2D eigenvalue weighted by Crippen LogP contribution is -2.54. The Morgan fingerprint density at radius 2 is 1.62 bits per heavy atom. The molecule has 2 aliphatic rings. The van der Waals surface area contributed by atoms with Crippen molar-refractivity contribution in [1.29, 1.82) is 0 Å². The van der Waals surface area contributed by atoms with Crippen molar-refractivity contribution in [3.8, 4) is 0 Å². The van der Waals surface area contributed by atoms with Gasteiger partial charge in [-0.1, -0.05) is 39.5 Å². The smallest absolute Gasteiger partial charge is 0.311 e. The number of hydrogen-bond acceptors (Lipinski definition) is 2. The highest BCUT2D eigenvalue weighted by molar-refractivity contribution is 5.82. The molecule has 0 radical (unpaired) electrons. The number of carbonyl (C=O) groups is 2. The molecule has 2 rings (SSSR count). The molecule has 0 aromatic carbocycles. The molecule has 120 valence electrons. The quantitative estimate of drug-likeness (QED) is 0.839. The van der Waals surface area contributed by atoms with Crippen LogP contribution < -0.4 is 5.32 Å². The van der Waals surface area contributed by atoms with Crippen LogP contribution in [0.3, 0.4) is 0 Å². The molecule has 0 heterocycles. The summed E-state index contributed by atoms with van der Waals surface area (Å²) in [6, 6.07) is -0.228. The molecule has 0 saturated heterocycles. The highest BCUT2D eigenvalue weighted by Crippen LogP contribution is 2.42. The zero-order valence-electron chi connectivity index (χ0n) is 13.6. The molecule has 0 aromatic rings. The van der Waals surface area contributed by atoms with Crippen molar-refractivity contribution in [2.45, 2.75) is 78.2 Å². The normalized spacial score (nSPS) is 36.0. The molecule has 4 nitrogen and oxygen atoms in total. The average molecular weight is 295 g/mol. The van der Waals surface area contributed by atoms with Gasteiger partial charge in [-0.2, -0.15) is 0 Å². The van der Waals surface area contributed by atoms with Gasteiger partial charge in [0.05, 0.1) is 5.41 Å². The van der Waals surface area contributed by atoms with Gasteiger partial charge in [-0.25, -0.2) is 0 Å². The maximum absolute atomic E-state index is 12.7. The molecule has 4 heteroatoms. The minimum Gasteiger partial charge on any atom is -0.481 e. The first-order chi connectivity index (χ1) is 9.77. The number of rotatable bonds is 3. The van der Waals surface area contributed by atoms with Gasteiger partial charge in [-0.15, -0.1) is 0 Å². The van der Waals surface area contributed by atoms with Crippen molar-refractivity contribution in [2.75, 3.05) is 0 Å². The summed E-state index contributed by atoms with van der Waals surface area (Å²) >= 11 is 0. The molecule has 2 fully saturated rings. The van der Waals surface area contributed by atoms with E-state index in [1.807, 2.05) is 0 Å². The second-order valence-electron chi connectivity index (χ2n) is 7.82. The maximum Gasteiger partial charge on any atom is 0.311 e. The molecule has 21 heavy (non-hydrogen) atoms. The van der Waals surface area contributed by atoms with Gasteiger partial charge in [0.15, 0.2) is 0 Å². The fraction of sp³-hybridized carbons (Fsp3) is 0.882. The molecule has 2 aliphatic carbocycles. The number of amides is 1. The van der Waals surface area contributed by atoms with E-state index in [1.54, 1.807) is 6.92 Å². The van der Waals surface area contributed by atoms with E-state index in [4.69, 9.17) is 0 Å². The fourth-order valence-corrected chi connectivity index (χ4v) is 4.07. The van der Waals surface area contributed by atoms with Crippen molar-refractivity contribution >= 4 is 11.9 Å². The zero-order valence-corrected chi connectivity index (χ0v) is 13.6. The predicted molar refractivity (Wildman–Crippen MR) is 81.9 cm³/mol. The van der Waals surface area contributed by atoms with Crippen molar-refractivity contribution < 1.29 is 14.7 Å². The summed E-state index contributed by atoms with van der Waals surface area (Å²) in [6.45, 7) is 6.10. The van der Waals surface area contributed by atoms with Crippen LogP contribution in [-0.2, 0) is 9.59 Å². The Balaban J connectivity index is 2.08. The standard InChI is InChI=1S/C17H29NO3/c1-16(2)10-6-4-8-12(16)14(19)18-13-9-5-7-11-17(13,3)15(20)21/h12-13H,4-11H2,1-3H3,(H,18,19)(H,20,21). The van der Waals surface area contributed by atoms with Crippen molar-refractivity contribution in [3.05, 3.63) is 0 Å². The lowest BCUT2D eigenvalue weighted by Gasteiger charge is -2.42. The molecule has 3 unspecified atom stereocenters. The third kappa shape index (κ3) is 3.24. The second kappa shape index (κ2) is 5.98. The van der Waals surface area contributed by atoms with E-state index < -0.39 is 11.4 Å². The second-order valence-corrected chi connectivity index (χ2v) is 7.82. The van der Waals surface area contributed by atoms with E-state index in [-0.39, 0.29) is 23.3 Å². The van der Waals surface area contributed by atoms with Gasteiger partial charge in [0.1, 0.15) is 0 Å². The van der Waals surface area contributed by atoms with Crippen LogP contribution in [-0.4, -0.2) is 23.0 Å². The molecule has 2 saturated carbocycles. The maximum atomic E-state index is 12.7. The molecule has 0 aliphatic heterocycles. The summed E-state index contributed by atoms with van der Waals surface area (Å²) in [5, 5.41) is 12.6. The van der Waals surface area contributed by atoms with Gasteiger partial charge in [0.25, 0.3) is 0 Å². The van der Waals surface area contributed by atoms with Crippen molar-refractivity contribution in [2.24, 2.45) is 16.7 Å². The van der Waals surface area contributed by atoms with Crippen LogP contribution in [0, 0.1) is 16.7 Å². The summed E-state index contributed by atoms with van der Waals surface area (Å²) in [5.74, 6) is -0.694. The number of hydrogen-bond donors (Lipinski definition) is 2. The SMILES string of the molecule is CC1(C)CCCCC1C(=O)NC1CCCCC1(C)C(=O)O. The fourth-order valence-electron chi connectivity index (χ4n) is 4.07. The third-order valence-corrected chi connectivity index (χ3v) is 5.84.